The monoisotopic (exact) mass is 337 g/mol. The Morgan fingerprint density at radius 3 is 2.29 bits per heavy atom. The molecule has 1 amide bonds. The van der Waals surface area contributed by atoms with E-state index in [9.17, 15) is 14.7 Å². The number of carbonyl (C=O) groups is 2. The van der Waals surface area contributed by atoms with Gasteiger partial charge in [-0.15, -0.1) is 0 Å². The second-order valence-electron chi connectivity index (χ2n) is 7.65. The maximum atomic E-state index is 12.0. The second kappa shape index (κ2) is 6.45. The highest BCUT2D eigenvalue weighted by Crippen LogP contribution is 2.32. The molecule has 24 heavy (non-hydrogen) atoms. The molecule has 0 spiro atoms. The molecule has 0 bridgehead atoms. The van der Waals surface area contributed by atoms with Gasteiger partial charge in [0.2, 0.25) is 0 Å². The van der Waals surface area contributed by atoms with Crippen LogP contribution in [0.4, 0.5) is 4.79 Å². The van der Waals surface area contributed by atoms with Gasteiger partial charge >= 0.3 is 12.1 Å². The Hall–Kier alpha value is -2.05. The number of aliphatic carboxylic acids is 1. The Bertz CT molecular complexity index is 608. The lowest BCUT2D eigenvalue weighted by atomic mass is 9.88. The number of carbonyl (C=O) groups excluding carboxylic acids is 1. The molecule has 134 valence electrons. The Labute approximate surface area is 142 Å². The van der Waals surface area contributed by atoms with Crippen LogP contribution in [0.3, 0.4) is 0 Å². The van der Waals surface area contributed by atoms with Crippen LogP contribution >= 0.6 is 0 Å². The predicted octanol–water partition coefficient (Wildman–Crippen LogP) is 2.60. The highest BCUT2D eigenvalue weighted by atomic mass is 16.6. The van der Waals surface area contributed by atoms with E-state index in [-0.39, 0.29) is 17.6 Å². The van der Waals surface area contributed by atoms with Crippen LogP contribution in [0.2, 0.25) is 0 Å². The van der Waals surface area contributed by atoms with E-state index in [0.717, 1.165) is 5.69 Å². The number of hydrogen-bond acceptors (Lipinski definition) is 4. The molecule has 0 aromatic carbocycles. The largest absolute Gasteiger partial charge is 0.479 e. The topological polar surface area (TPSA) is 84.7 Å². The van der Waals surface area contributed by atoms with E-state index in [1.54, 1.807) is 29.6 Å². The van der Waals surface area contributed by atoms with Crippen molar-refractivity contribution in [3.8, 4) is 0 Å². The van der Waals surface area contributed by atoms with Crippen LogP contribution in [-0.2, 0) is 20.5 Å². The van der Waals surface area contributed by atoms with Crippen molar-refractivity contribution in [1.82, 2.24) is 14.7 Å². The van der Waals surface area contributed by atoms with Crippen LogP contribution in [0.1, 0.15) is 53.2 Å². The number of likely N-dealkylation sites (tertiary alicyclic amines) is 1. The molecule has 1 aromatic heterocycles. The average molecular weight is 337 g/mol. The molecule has 0 saturated carbocycles. The molecule has 0 radical (unpaired) electrons. The lowest BCUT2D eigenvalue weighted by molar-refractivity contribution is -0.151. The van der Waals surface area contributed by atoms with E-state index in [4.69, 9.17) is 4.74 Å². The van der Waals surface area contributed by atoms with Gasteiger partial charge in [-0.2, -0.15) is 5.10 Å². The van der Waals surface area contributed by atoms with E-state index in [2.05, 4.69) is 5.10 Å². The molecule has 2 heterocycles. The summed E-state index contributed by atoms with van der Waals surface area (Å²) in [6, 6.07) is 1.87. The van der Waals surface area contributed by atoms with Crippen molar-refractivity contribution in [2.75, 3.05) is 13.1 Å². The van der Waals surface area contributed by atoms with Crippen LogP contribution in [-0.4, -0.2) is 51.0 Å². The predicted molar refractivity (Wildman–Crippen MR) is 89.0 cm³/mol. The van der Waals surface area contributed by atoms with Crippen molar-refractivity contribution in [3.63, 3.8) is 0 Å². The summed E-state index contributed by atoms with van der Waals surface area (Å²) in [5, 5.41) is 14.3. The number of piperidine rings is 1. The fourth-order valence-electron chi connectivity index (χ4n) is 2.84. The minimum Gasteiger partial charge on any atom is -0.479 e. The molecule has 1 aromatic rings. The summed E-state index contributed by atoms with van der Waals surface area (Å²) in [7, 11) is 0. The Morgan fingerprint density at radius 2 is 1.88 bits per heavy atom. The van der Waals surface area contributed by atoms with E-state index >= 15 is 0 Å². The van der Waals surface area contributed by atoms with Crippen LogP contribution in [0.5, 0.6) is 0 Å². The molecule has 7 heteroatoms. The van der Waals surface area contributed by atoms with Crippen LogP contribution < -0.4 is 0 Å². The third-order valence-electron chi connectivity index (χ3n) is 4.38. The number of hydrogen-bond donors (Lipinski definition) is 1. The molecule has 1 aliphatic rings. The third kappa shape index (κ3) is 3.55. The van der Waals surface area contributed by atoms with Gasteiger partial charge in [-0.3, -0.25) is 4.68 Å². The molecule has 1 N–H and O–H groups in total. The Kier molecular flexibility index (Phi) is 4.92. The number of carboxylic acids is 1. The first-order chi connectivity index (χ1) is 11.1. The van der Waals surface area contributed by atoms with Gasteiger partial charge in [0.25, 0.3) is 0 Å². The van der Waals surface area contributed by atoms with E-state index in [0.29, 0.717) is 25.9 Å². The summed E-state index contributed by atoms with van der Waals surface area (Å²) in [4.78, 5) is 25.6. The highest BCUT2D eigenvalue weighted by Gasteiger charge is 2.45. The fraction of sp³-hybridized carbons (Fsp3) is 0.706. The minimum absolute atomic E-state index is 0.146. The second-order valence-corrected chi connectivity index (χ2v) is 7.65. The van der Waals surface area contributed by atoms with Gasteiger partial charge in [0.15, 0.2) is 5.54 Å². The SMILES string of the molecule is CC(C)OC(=O)N1CCC(C(=O)O)(n2ccc(C(C)(C)C)n2)CC1. The molecular weight excluding hydrogens is 310 g/mol. The first kappa shape index (κ1) is 18.3. The number of amides is 1. The first-order valence-electron chi connectivity index (χ1n) is 8.32. The summed E-state index contributed by atoms with van der Waals surface area (Å²) in [6.45, 7) is 10.4. The summed E-state index contributed by atoms with van der Waals surface area (Å²) in [5.74, 6) is -0.914. The molecule has 0 unspecified atom stereocenters. The fourth-order valence-corrected chi connectivity index (χ4v) is 2.84. The van der Waals surface area contributed by atoms with Gasteiger partial charge in [-0.25, -0.2) is 9.59 Å². The van der Waals surface area contributed by atoms with Crippen LogP contribution in [0.15, 0.2) is 12.3 Å². The van der Waals surface area contributed by atoms with Gasteiger partial charge in [0.1, 0.15) is 0 Å². The molecule has 1 fully saturated rings. The molecule has 1 saturated heterocycles. The number of rotatable bonds is 3. The van der Waals surface area contributed by atoms with E-state index in [1.165, 1.54) is 0 Å². The van der Waals surface area contributed by atoms with E-state index < -0.39 is 11.5 Å². The molecule has 2 rings (SSSR count). The third-order valence-corrected chi connectivity index (χ3v) is 4.38. The quantitative estimate of drug-likeness (QED) is 0.916. The zero-order chi connectivity index (χ0) is 18.1. The highest BCUT2D eigenvalue weighted by molar-refractivity contribution is 5.77. The molecular formula is C17H27N3O4. The van der Waals surface area contributed by atoms with Crippen molar-refractivity contribution < 1.29 is 19.4 Å². The molecule has 0 aliphatic carbocycles. The number of nitrogens with zero attached hydrogens (tertiary/aromatic N) is 3. The molecule has 7 nitrogen and oxygen atoms in total. The van der Waals surface area contributed by atoms with Gasteiger partial charge in [-0.1, -0.05) is 20.8 Å². The Balaban J connectivity index is 2.19. The standard InChI is InChI=1S/C17H27N3O4/c1-12(2)24-15(23)19-10-7-17(8-11-19,14(21)22)20-9-6-13(18-20)16(3,4)5/h6,9,12H,7-8,10-11H2,1-5H3,(H,21,22). The Morgan fingerprint density at radius 1 is 1.29 bits per heavy atom. The maximum Gasteiger partial charge on any atom is 0.410 e. The minimum atomic E-state index is -1.11. The lowest BCUT2D eigenvalue weighted by Gasteiger charge is -2.38. The maximum absolute atomic E-state index is 12.0. The number of aromatic nitrogens is 2. The molecule has 0 atom stereocenters. The van der Waals surface area contributed by atoms with Crippen LogP contribution in [0, 0.1) is 0 Å². The normalized spacial score (nSPS) is 17.8. The van der Waals surface area contributed by atoms with Crippen molar-refractivity contribution in [1.29, 1.82) is 0 Å². The van der Waals surface area contributed by atoms with Crippen molar-refractivity contribution in [2.45, 2.75) is 64.5 Å². The van der Waals surface area contributed by atoms with E-state index in [1.807, 2.05) is 26.8 Å². The van der Waals surface area contributed by atoms with Crippen molar-refractivity contribution in [3.05, 3.63) is 18.0 Å². The zero-order valence-corrected chi connectivity index (χ0v) is 15.1. The number of ether oxygens (including phenoxy) is 1. The summed E-state index contributed by atoms with van der Waals surface area (Å²) in [5.41, 5.74) is -0.407. The summed E-state index contributed by atoms with van der Waals surface area (Å²) >= 11 is 0. The van der Waals surface area contributed by atoms with Crippen LogP contribution in [0.25, 0.3) is 0 Å². The smallest absolute Gasteiger partial charge is 0.410 e. The number of carboxylic acid groups (broad SMARTS) is 1. The van der Waals surface area contributed by atoms with Crippen molar-refractivity contribution in [2.24, 2.45) is 0 Å². The average Bonchev–Trinajstić information content (AvgIpc) is 2.96. The van der Waals surface area contributed by atoms with Gasteiger partial charge in [-0.05, 0) is 19.9 Å². The van der Waals surface area contributed by atoms with Gasteiger partial charge in [0.05, 0.1) is 11.8 Å². The first-order valence-corrected chi connectivity index (χ1v) is 8.32. The summed E-state index contributed by atoms with van der Waals surface area (Å²) < 4.78 is 6.75. The van der Waals surface area contributed by atoms with Gasteiger partial charge < -0.3 is 14.7 Å². The van der Waals surface area contributed by atoms with Crippen molar-refractivity contribution >= 4 is 12.1 Å². The molecule has 1 aliphatic heterocycles. The summed E-state index contributed by atoms with van der Waals surface area (Å²) in [6.07, 6.45) is 1.77. The zero-order valence-electron chi connectivity index (χ0n) is 15.1. The lowest BCUT2D eigenvalue weighted by Crippen LogP contribution is -2.53. The van der Waals surface area contributed by atoms with Gasteiger partial charge in [0, 0.05) is 37.5 Å².